The van der Waals surface area contributed by atoms with Crippen molar-refractivity contribution in [3.8, 4) is 0 Å². The first kappa shape index (κ1) is 14.2. The average Bonchev–Trinajstić information content (AvgIpc) is 2.27. The molecule has 0 saturated carbocycles. The van der Waals surface area contributed by atoms with Crippen molar-refractivity contribution in [2.45, 2.75) is 39.2 Å². The average molecular weight is 249 g/mol. The lowest BCUT2D eigenvalue weighted by molar-refractivity contribution is -0.137. The minimum atomic E-state index is -0.907. The van der Waals surface area contributed by atoms with Gasteiger partial charge in [0, 0.05) is 6.04 Å². The standard InChI is InChI=1S/C14H19NO3/c1-3-11-5-4-6-12(8-11)9-13(16)15-10(2)7-14(17)18/h4-6,8,10H,3,7,9H2,1-2H3,(H,15,16)(H,17,18). The molecule has 0 fully saturated rings. The molecule has 18 heavy (non-hydrogen) atoms. The second-order valence-corrected chi connectivity index (χ2v) is 4.42. The van der Waals surface area contributed by atoms with Gasteiger partial charge < -0.3 is 10.4 Å². The first-order valence-corrected chi connectivity index (χ1v) is 6.10. The van der Waals surface area contributed by atoms with Crippen molar-refractivity contribution in [2.75, 3.05) is 0 Å². The fourth-order valence-electron chi connectivity index (χ4n) is 1.78. The van der Waals surface area contributed by atoms with Crippen molar-refractivity contribution >= 4 is 11.9 Å². The summed E-state index contributed by atoms with van der Waals surface area (Å²) in [6.45, 7) is 3.75. The van der Waals surface area contributed by atoms with Gasteiger partial charge in [0.2, 0.25) is 5.91 Å². The summed E-state index contributed by atoms with van der Waals surface area (Å²) in [5.74, 6) is -1.05. The van der Waals surface area contributed by atoms with E-state index in [1.807, 2.05) is 24.3 Å². The maximum Gasteiger partial charge on any atom is 0.305 e. The maximum absolute atomic E-state index is 11.7. The molecule has 0 heterocycles. The van der Waals surface area contributed by atoms with Crippen molar-refractivity contribution in [1.82, 2.24) is 5.32 Å². The maximum atomic E-state index is 11.7. The Bertz CT molecular complexity index is 429. The number of hydrogen-bond acceptors (Lipinski definition) is 2. The van der Waals surface area contributed by atoms with Crippen LogP contribution >= 0.6 is 0 Å². The predicted molar refractivity (Wildman–Crippen MR) is 69.4 cm³/mol. The van der Waals surface area contributed by atoms with E-state index in [0.717, 1.165) is 12.0 Å². The number of carbonyl (C=O) groups excluding carboxylic acids is 1. The summed E-state index contributed by atoms with van der Waals surface area (Å²) in [5.41, 5.74) is 2.15. The van der Waals surface area contributed by atoms with Crippen LogP contribution in [0.4, 0.5) is 0 Å². The third-order valence-corrected chi connectivity index (χ3v) is 2.65. The summed E-state index contributed by atoms with van der Waals surface area (Å²) >= 11 is 0. The number of carboxylic acid groups (broad SMARTS) is 1. The quantitative estimate of drug-likeness (QED) is 0.807. The zero-order valence-electron chi connectivity index (χ0n) is 10.8. The number of amides is 1. The topological polar surface area (TPSA) is 66.4 Å². The highest BCUT2D eigenvalue weighted by Crippen LogP contribution is 2.07. The molecule has 1 amide bonds. The van der Waals surface area contributed by atoms with Crippen LogP contribution in [0.2, 0.25) is 0 Å². The molecule has 1 unspecified atom stereocenters. The van der Waals surface area contributed by atoms with E-state index in [2.05, 4.69) is 12.2 Å². The second kappa shape index (κ2) is 6.79. The fraction of sp³-hybridized carbons (Fsp3) is 0.429. The van der Waals surface area contributed by atoms with E-state index in [4.69, 9.17) is 5.11 Å². The van der Waals surface area contributed by atoms with Gasteiger partial charge in [0.1, 0.15) is 0 Å². The van der Waals surface area contributed by atoms with Crippen molar-refractivity contribution in [1.29, 1.82) is 0 Å². The summed E-state index contributed by atoms with van der Waals surface area (Å²) in [6.07, 6.45) is 1.17. The van der Waals surface area contributed by atoms with Crippen LogP contribution in [0, 0.1) is 0 Å². The van der Waals surface area contributed by atoms with Crippen LogP contribution in [0.15, 0.2) is 24.3 Å². The van der Waals surface area contributed by atoms with E-state index in [-0.39, 0.29) is 24.8 Å². The molecule has 1 rings (SSSR count). The Balaban J connectivity index is 2.51. The smallest absolute Gasteiger partial charge is 0.305 e. The largest absolute Gasteiger partial charge is 0.481 e. The Morgan fingerprint density at radius 3 is 2.61 bits per heavy atom. The molecule has 4 nitrogen and oxygen atoms in total. The number of benzene rings is 1. The normalized spacial score (nSPS) is 11.9. The highest BCUT2D eigenvalue weighted by Gasteiger charge is 2.11. The fourth-order valence-corrected chi connectivity index (χ4v) is 1.78. The molecular formula is C14H19NO3. The molecule has 0 spiro atoms. The van der Waals surface area contributed by atoms with Crippen LogP contribution in [0.5, 0.6) is 0 Å². The first-order valence-electron chi connectivity index (χ1n) is 6.10. The molecule has 1 atom stereocenters. The molecule has 1 aromatic carbocycles. The second-order valence-electron chi connectivity index (χ2n) is 4.42. The van der Waals surface area contributed by atoms with Gasteiger partial charge in [-0.15, -0.1) is 0 Å². The molecule has 0 saturated heterocycles. The Labute approximate surface area is 107 Å². The van der Waals surface area contributed by atoms with Gasteiger partial charge in [0.25, 0.3) is 0 Å². The number of aryl methyl sites for hydroxylation is 1. The van der Waals surface area contributed by atoms with E-state index in [9.17, 15) is 9.59 Å². The van der Waals surface area contributed by atoms with Crippen LogP contribution < -0.4 is 5.32 Å². The highest BCUT2D eigenvalue weighted by molar-refractivity contribution is 5.79. The number of carbonyl (C=O) groups is 2. The Hall–Kier alpha value is -1.84. The Morgan fingerprint density at radius 2 is 2.00 bits per heavy atom. The number of aliphatic carboxylic acids is 1. The summed E-state index contributed by atoms with van der Waals surface area (Å²) in [5, 5.41) is 11.3. The van der Waals surface area contributed by atoms with Gasteiger partial charge in [0.15, 0.2) is 0 Å². The molecule has 98 valence electrons. The molecule has 1 aromatic rings. The van der Waals surface area contributed by atoms with E-state index < -0.39 is 5.97 Å². The number of carboxylic acids is 1. The van der Waals surface area contributed by atoms with Crippen LogP contribution in [0.3, 0.4) is 0 Å². The molecule has 0 bridgehead atoms. The van der Waals surface area contributed by atoms with E-state index >= 15 is 0 Å². The lowest BCUT2D eigenvalue weighted by Crippen LogP contribution is -2.35. The van der Waals surface area contributed by atoms with Crippen LogP contribution in [0.1, 0.15) is 31.4 Å². The van der Waals surface area contributed by atoms with E-state index in [1.54, 1.807) is 6.92 Å². The van der Waals surface area contributed by atoms with Crippen molar-refractivity contribution in [3.05, 3.63) is 35.4 Å². The third-order valence-electron chi connectivity index (χ3n) is 2.65. The lowest BCUT2D eigenvalue weighted by Gasteiger charge is -2.11. The minimum absolute atomic E-state index is 0.0548. The van der Waals surface area contributed by atoms with Crippen molar-refractivity contribution in [2.24, 2.45) is 0 Å². The molecule has 0 radical (unpaired) electrons. The number of rotatable bonds is 6. The van der Waals surface area contributed by atoms with Gasteiger partial charge in [-0.25, -0.2) is 0 Å². The summed E-state index contributed by atoms with van der Waals surface area (Å²) in [7, 11) is 0. The van der Waals surface area contributed by atoms with Gasteiger partial charge in [-0.05, 0) is 24.5 Å². The molecule has 0 aromatic heterocycles. The summed E-state index contributed by atoms with van der Waals surface area (Å²) in [6, 6.07) is 7.52. The molecule has 2 N–H and O–H groups in total. The third kappa shape index (κ3) is 4.99. The minimum Gasteiger partial charge on any atom is -0.481 e. The first-order chi connectivity index (χ1) is 8.51. The zero-order chi connectivity index (χ0) is 13.5. The molecule has 0 aliphatic carbocycles. The summed E-state index contributed by atoms with van der Waals surface area (Å²) < 4.78 is 0. The molecule has 0 aliphatic heterocycles. The van der Waals surface area contributed by atoms with E-state index in [0.29, 0.717) is 0 Å². The van der Waals surface area contributed by atoms with Gasteiger partial charge in [-0.3, -0.25) is 9.59 Å². The van der Waals surface area contributed by atoms with Gasteiger partial charge in [0.05, 0.1) is 12.8 Å². The van der Waals surface area contributed by atoms with Gasteiger partial charge in [-0.1, -0.05) is 31.2 Å². The number of nitrogens with one attached hydrogen (secondary N) is 1. The van der Waals surface area contributed by atoms with Crippen LogP contribution in [-0.2, 0) is 22.4 Å². The SMILES string of the molecule is CCc1cccc(CC(=O)NC(C)CC(=O)O)c1. The molecule has 0 aliphatic rings. The summed E-state index contributed by atoms with van der Waals surface area (Å²) in [4.78, 5) is 22.2. The zero-order valence-corrected chi connectivity index (χ0v) is 10.8. The van der Waals surface area contributed by atoms with Crippen molar-refractivity contribution in [3.63, 3.8) is 0 Å². The van der Waals surface area contributed by atoms with Gasteiger partial charge >= 0.3 is 5.97 Å². The van der Waals surface area contributed by atoms with Crippen LogP contribution in [-0.4, -0.2) is 23.0 Å². The van der Waals surface area contributed by atoms with Crippen molar-refractivity contribution < 1.29 is 14.7 Å². The van der Waals surface area contributed by atoms with E-state index in [1.165, 1.54) is 5.56 Å². The Morgan fingerprint density at radius 1 is 1.33 bits per heavy atom. The molecule has 4 heteroatoms. The lowest BCUT2D eigenvalue weighted by atomic mass is 10.1. The van der Waals surface area contributed by atoms with Gasteiger partial charge in [-0.2, -0.15) is 0 Å². The van der Waals surface area contributed by atoms with Crippen LogP contribution in [0.25, 0.3) is 0 Å². The highest BCUT2D eigenvalue weighted by atomic mass is 16.4. The number of hydrogen-bond donors (Lipinski definition) is 2. The predicted octanol–water partition coefficient (Wildman–Crippen LogP) is 1.77. The monoisotopic (exact) mass is 249 g/mol. The Kier molecular flexibility index (Phi) is 5.36. The molecular weight excluding hydrogens is 230 g/mol.